The van der Waals surface area contributed by atoms with E-state index < -0.39 is 67.3 Å². The van der Waals surface area contributed by atoms with Crippen LogP contribution in [0, 0.1) is 0 Å². The molecule has 2 fully saturated rings. The van der Waals surface area contributed by atoms with Crippen molar-refractivity contribution in [3.63, 3.8) is 0 Å². The summed E-state index contributed by atoms with van der Waals surface area (Å²) in [5, 5.41) is 13.3. The predicted molar refractivity (Wildman–Crippen MR) is 301 cm³/mol. The minimum absolute atomic E-state index is 0.104. The van der Waals surface area contributed by atoms with Gasteiger partial charge in [0.2, 0.25) is 0 Å². The van der Waals surface area contributed by atoms with Crippen molar-refractivity contribution in [2.24, 2.45) is 0 Å². The smallest absolute Gasteiger partial charge is 0.187 e. The van der Waals surface area contributed by atoms with E-state index in [0.717, 1.165) is 44.5 Å². The van der Waals surface area contributed by atoms with Crippen LogP contribution in [0.2, 0.25) is 0 Å². The van der Waals surface area contributed by atoms with Crippen molar-refractivity contribution in [3.8, 4) is 0 Å². The lowest BCUT2D eigenvalue weighted by Gasteiger charge is -2.51. The first-order valence-corrected chi connectivity index (χ1v) is 27.3. The van der Waals surface area contributed by atoms with Crippen molar-refractivity contribution >= 4 is 0 Å². The molecule has 408 valence electrons. The van der Waals surface area contributed by atoms with Crippen LogP contribution in [0.25, 0.3) is 0 Å². The van der Waals surface area contributed by atoms with Crippen molar-refractivity contribution in [3.05, 3.63) is 287 Å². The van der Waals surface area contributed by atoms with Crippen molar-refractivity contribution in [1.29, 1.82) is 0 Å². The van der Waals surface area contributed by atoms with E-state index in [0.29, 0.717) is 6.61 Å². The molecule has 1 saturated carbocycles. The van der Waals surface area contributed by atoms with Crippen LogP contribution in [-0.2, 0) is 100 Å². The van der Waals surface area contributed by atoms with Gasteiger partial charge in [-0.2, -0.15) is 0 Å². The van der Waals surface area contributed by atoms with Crippen LogP contribution in [-0.4, -0.2) is 79.0 Å². The zero-order valence-electron chi connectivity index (χ0n) is 44.3. The summed E-state index contributed by atoms with van der Waals surface area (Å²) < 4.78 is 70.7. The molecule has 0 aromatic heterocycles. The monoisotopic (exact) mass is 1060 g/mol. The van der Waals surface area contributed by atoms with Gasteiger partial charge in [-0.3, -0.25) is 0 Å². The van der Waals surface area contributed by atoms with E-state index >= 15 is 0 Å². The zero-order chi connectivity index (χ0) is 53.7. The van der Waals surface area contributed by atoms with Gasteiger partial charge in [0.25, 0.3) is 0 Å². The highest BCUT2D eigenvalue weighted by atomic mass is 16.7. The summed E-state index contributed by atoms with van der Waals surface area (Å²) in [6.07, 6.45) is -10.7. The standard InChI is InChI=1S/C68H70O11/c69-59-61(72-43-52-29-13-3-14-30-52)64(74-45-54-33-17-5-18-34-54)66(76-47-56-37-21-7-22-38-56)65(75-46-55-35-19-6-20-36-55)62(59)79-68-67(77-48-57-39-23-8-24-40-57)63(73-44-53-31-15-4-16-32-53)60(71-42-51-27-11-2-12-28-51)58(78-68)49-70-41-50-25-9-1-10-26-50/h1-40,58-69H,41-49H2/t58?,59-,60-,61?,62?,63-,64-,65?,66-,67?,68-/m0/s1. The molecular formula is C68H70O11. The SMILES string of the molecule is O[C@@H]1C(O[C@@H]2OC(COCc3ccccc3)[C@H](OCc3ccccc3)[C@H](OCc3ccccc3)C2OCc2ccccc2)C(OCc2ccccc2)[C@@H](OCc2ccccc2)[C@@H](OCc2ccccc2)C1OCc1ccccc1. The largest absolute Gasteiger partial charge is 0.387 e. The molecule has 0 bridgehead atoms. The molecule has 5 unspecified atom stereocenters. The molecule has 2 aliphatic rings. The Kier molecular flexibility index (Phi) is 20.8. The second-order valence-corrected chi connectivity index (χ2v) is 20.0. The van der Waals surface area contributed by atoms with Crippen LogP contribution >= 0.6 is 0 Å². The predicted octanol–water partition coefficient (Wildman–Crippen LogP) is 11.8. The van der Waals surface area contributed by atoms with Crippen molar-refractivity contribution in [1.82, 2.24) is 0 Å². The van der Waals surface area contributed by atoms with Crippen LogP contribution in [0.1, 0.15) is 44.5 Å². The number of rotatable bonds is 27. The molecule has 1 heterocycles. The van der Waals surface area contributed by atoms with E-state index in [1.165, 1.54) is 0 Å². The molecule has 0 amide bonds. The topological polar surface area (TPSA) is 113 Å². The Labute approximate surface area is 464 Å². The highest BCUT2D eigenvalue weighted by Crippen LogP contribution is 2.39. The Morgan fingerprint density at radius 1 is 0.266 bits per heavy atom. The number of ether oxygens (including phenoxy) is 10. The number of aliphatic hydroxyl groups excluding tert-OH is 1. The fourth-order valence-electron chi connectivity index (χ4n) is 10.1. The van der Waals surface area contributed by atoms with E-state index in [-0.39, 0.29) is 52.9 Å². The molecule has 1 aliphatic heterocycles. The molecule has 0 spiro atoms. The highest BCUT2D eigenvalue weighted by molar-refractivity contribution is 5.20. The van der Waals surface area contributed by atoms with Crippen molar-refractivity contribution in [2.45, 2.75) is 120 Å². The molecule has 11 nitrogen and oxygen atoms in total. The van der Waals surface area contributed by atoms with Crippen LogP contribution in [0.3, 0.4) is 0 Å². The van der Waals surface area contributed by atoms with E-state index in [9.17, 15) is 5.11 Å². The van der Waals surface area contributed by atoms with Gasteiger partial charge in [-0.05, 0) is 44.5 Å². The average Bonchev–Trinajstić information content (AvgIpc) is 3.65. The Bertz CT molecular complexity index is 2910. The third kappa shape index (κ3) is 16.0. The van der Waals surface area contributed by atoms with Crippen molar-refractivity contribution in [2.75, 3.05) is 6.61 Å². The van der Waals surface area contributed by atoms with Gasteiger partial charge < -0.3 is 52.5 Å². The van der Waals surface area contributed by atoms with Gasteiger partial charge >= 0.3 is 0 Å². The third-order valence-electron chi connectivity index (χ3n) is 14.2. The molecular weight excluding hydrogens is 993 g/mol. The van der Waals surface area contributed by atoms with Gasteiger partial charge in [0.15, 0.2) is 6.29 Å². The molecule has 10 rings (SSSR count). The fraction of sp³-hybridized carbons (Fsp3) is 0.294. The summed E-state index contributed by atoms with van der Waals surface area (Å²) in [7, 11) is 0. The quantitative estimate of drug-likeness (QED) is 0.0531. The summed E-state index contributed by atoms with van der Waals surface area (Å²) >= 11 is 0. The van der Waals surface area contributed by atoms with Crippen molar-refractivity contribution < 1.29 is 52.5 Å². The second-order valence-electron chi connectivity index (χ2n) is 20.0. The Hall–Kier alpha value is -6.68. The minimum Gasteiger partial charge on any atom is -0.387 e. The molecule has 1 N–H and O–H groups in total. The molecule has 11 atom stereocenters. The molecule has 8 aromatic carbocycles. The molecule has 8 aromatic rings. The van der Waals surface area contributed by atoms with Gasteiger partial charge in [-0.15, -0.1) is 0 Å². The molecule has 1 saturated heterocycles. The number of hydrogen-bond acceptors (Lipinski definition) is 11. The average molecular weight is 1060 g/mol. The lowest BCUT2D eigenvalue weighted by Crippen LogP contribution is -2.69. The normalized spacial score (nSPS) is 24.0. The lowest BCUT2D eigenvalue weighted by atomic mass is 9.83. The zero-order valence-corrected chi connectivity index (χ0v) is 44.3. The van der Waals surface area contributed by atoms with Gasteiger partial charge in [0.1, 0.15) is 61.0 Å². The summed E-state index contributed by atoms with van der Waals surface area (Å²) in [6, 6.07) is 79.8. The maximum absolute atomic E-state index is 13.3. The van der Waals surface area contributed by atoms with E-state index in [1.54, 1.807) is 0 Å². The van der Waals surface area contributed by atoms with Crippen LogP contribution < -0.4 is 0 Å². The van der Waals surface area contributed by atoms with E-state index in [1.807, 2.05) is 243 Å². The number of aliphatic hydroxyl groups is 1. The van der Waals surface area contributed by atoms with Gasteiger partial charge in [-0.1, -0.05) is 243 Å². The molecule has 0 radical (unpaired) electrons. The maximum Gasteiger partial charge on any atom is 0.187 e. The molecule has 11 heteroatoms. The summed E-state index contributed by atoms with van der Waals surface area (Å²) in [5.41, 5.74) is 7.60. The highest BCUT2D eigenvalue weighted by Gasteiger charge is 2.57. The van der Waals surface area contributed by atoms with Gasteiger partial charge in [0.05, 0.1) is 59.5 Å². The molecule has 79 heavy (non-hydrogen) atoms. The van der Waals surface area contributed by atoms with E-state index in [4.69, 9.17) is 47.4 Å². The molecule has 1 aliphatic carbocycles. The van der Waals surface area contributed by atoms with Crippen LogP contribution in [0.15, 0.2) is 243 Å². The first-order valence-electron chi connectivity index (χ1n) is 27.3. The first kappa shape index (κ1) is 55.6. The summed E-state index contributed by atoms with van der Waals surface area (Å²) in [5.74, 6) is 0. The minimum atomic E-state index is -1.37. The van der Waals surface area contributed by atoms with Crippen LogP contribution in [0.4, 0.5) is 0 Å². The second kappa shape index (κ2) is 29.5. The maximum atomic E-state index is 13.3. The summed E-state index contributed by atoms with van der Waals surface area (Å²) in [6.45, 7) is 1.84. The lowest BCUT2D eigenvalue weighted by molar-refractivity contribution is -0.363. The fourth-order valence-corrected chi connectivity index (χ4v) is 10.1. The van der Waals surface area contributed by atoms with Crippen LogP contribution in [0.5, 0.6) is 0 Å². The van der Waals surface area contributed by atoms with Gasteiger partial charge in [0, 0.05) is 0 Å². The first-order chi connectivity index (χ1) is 39.1. The Morgan fingerprint density at radius 3 is 0.835 bits per heavy atom. The van der Waals surface area contributed by atoms with E-state index in [2.05, 4.69) is 0 Å². The number of hydrogen-bond donors (Lipinski definition) is 1. The third-order valence-corrected chi connectivity index (χ3v) is 14.2. The number of benzene rings is 8. The Morgan fingerprint density at radius 2 is 0.506 bits per heavy atom. The summed E-state index contributed by atoms with van der Waals surface area (Å²) in [4.78, 5) is 0. The Balaban J connectivity index is 1.07. The van der Waals surface area contributed by atoms with Gasteiger partial charge in [-0.25, -0.2) is 0 Å².